The number of nitrogens with zero attached hydrogens (tertiary/aromatic N) is 1. The van der Waals surface area contributed by atoms with Gasteiger partial charge in [-0.25, -0.2) is 0 Å². The van der Waals surface area contributed by atoms with Gasteiger partial charge in [0, 0.05) is 47.9 Å². The highest BCUT2D eigenvalue weighted by atomic mass is 16.2. The number of carbonyl (C=O) groups excluding carboxylic acids is 2. The molecule has 0 aromatic heterocycles. The molecular formula is C35H46N4O2. The Balaban J connectivity index is 2.09. The van der Waals surface area contributed by atoms with Gasteiger partial charge in [-0.1, -0.05) is 49.6 Å². The Labute approximate surface area is 246 Å². The number of likely N-dealkylation sites (tertiary alicyclic amines) is 1. The van der Waals surface area contributed by atoms with Gasteiger partial charge >= 0.3 is 0 Å². The van der Waals surface area contributed by atoms with E-state index in [1.165, 1.54) is 6.21 Å². The number of benzene rings is 1. The van der Waals surface area contributed by atoms with Gasteiger partial charge in [-0.15, -0.1) is 0 Å². The number of anilines is 1. The van der Waals surface area contributed by atoms with Crippen LogP contribution in [0, 0.1) is 18.3 Å². The fourth-order valence-electron chi connectivity index (χ4n) is 4.71. The number of carbonyl (C=O) groups is 2. The zero-order chi connectivity index (χ0) is 30.5. The lowest BCUT2D eigenvalue weighted by molar-refractivity contribution is -0.112. The van der Waals surface area contributed by atoms with Gasteiger partial charge in [0.2, 0.25) is 0 Å². The van der Waals surface area contributed by atoms with E-state index in [2.05, 4.69) is 29.9 Å². The quantitative estimate of drug-likeness (QED) is 0.142. The summed E-state index contributed by atoms with van der Waals surface area (Å²) in [5.74, 6) is 0.0381. The van der Waals surface area contributed by atoms with E-state index in [1.807, 2.05) is 76.8 Å². The molecule has 0 bridgehead atoms. The Hall–Kier alpha value is -4.19. The average molecular weight is 555 g/mol. The van der Waals surface area contributed by atoms with Crippen LogP contribution in [-0.2, 0) is 4.79 Å². The summed E-state index contributed by atoms with van der Waals surface area (Å²) in [6, 6.07) is 5.71. The van der Waals surface area contributed by atoms with Gasteiger partial charge < -0.3 is 20.9 Å². The van der Waals surface area contributed by atoms with Crippen LogP contribution in [0.5, 0.6) is 0 Å². The second kappa shape index (κ2) is 16.2. The molecule has 6 heteroatoms. The van der Waals surface area contributed by atoms with E-state index in [9.17, 15) is 9.59 Å². The molecule has 0 saturated carbocycles. The first-order valence-electron chi connectivity index (χ1n) is 14.2. The lowest BCUT2D eigenvalue weighted by atomic mass is 9.88. The molecule has 6 nitrogen and oxygen atoms in total. The van der Waals surface area contributed by atoms with E-state index < -0.39 is 0 Å². The molecular weight excluding hydrogens is 508 g/mol. The third-order valence-electron chi connectivity index (χ3n) is 7.18. The summed E-state index contributed by atoms with van der Waals surface area (Å²) in [4.78, 5) is 28.3. The van der Waals surface area contributed by atoms with Crippen molar-refractivity contribution in [2.45, 2.75) is 60.4 Å². The number of amides is 2. The van der Waals surface area contributed by atoms with Crippen molar-refractivity contribution in [2.24, 2.45) is 5.92 Å². The van der Waals surface area contributed by atoms with Gasteiger partial charge in [0.25, 0.3) is 11.8 Å². The highest BCUT2D eigenvalue weighted by Gasteiger charge is 2.25. The van der Waals surface area contributed by atoms with Gasteiger partial charge in [0.05, 0.1) is 0 Å². The van der Waals surface area contributed by atoms with Crippen molar-refractivity contribution in [2.75, 3.05) is 18.4 Å². The molecule has 0 unspecified atom stereocenters. The molecule has 1 heterocycles. The number of allylic oxidation sites excluding steroid dienone is 9. The van der Waals surface area contributed by atoms with Crippen molar-refractivity contribution in [3.63, 3.8) is 0 Å². The molecule has 1 aromatic rings. The molecule has 1 aliphatic rings. The molecule has 41 heavy (non-hydrogen) atoms. The van der Waals surface area contributed by atoms with Crippen LogP contribution in [0.2, 0.25) is 0 Å². The van der Waals surface area contributed by atoms with Crippen LogP contribution in [0.15, 0.2) is 102 Å². The lowest BCUT2D eigenvalue weighted by Crippen LogP contribution is -2.38. The molecule has 1 fully saturated rings. The Morgan fingerprint density at radius 2 is 1.73 bits per heavy atom. The molecule has 1 saturated heterocycles. The summed E-state index contributed by atoms with van der Waals surface area (Å²) < 4.78 is 0. The standard InChI is InChI=1S/C35H46N4O2/c1-9-28(15-12-25(6)30(11-3)23-36)31-18-20-39(21-19-31)35(41)32-16-13-26(7)33(22-32)38-34(40)29(10-2)17-14-27(8)37-24(4)5/h9-17,22-24,31,36-37H,1,8,18-21H2,2-7H3,(H,38,40)/b17-14-,25-12+,28-15+,29-10+,30-11+,36-23?. The first kappa shape index (κ1) is 33.0. The van der Waals surface area contributed by atoms with Gasteiger partial charge in [-0.3, -0.25) is 9.59 Å². The molecule has 0 aliphatic carbocycles. The Morgan fingerprint density at radius 1 is 1.07 bits per heavy atom. The van der Waals surface area contributed by atoms with Crippen molar-refractivity contribution in [3.8, 4) is 0 Å². The summed E-state index contributed by atoms with van der Waals surface area (Å²) in [5.41, 5.74) is 6.36. The van der Waals surface area contributed by atoms with E-state index in [0.717, 1.165) is 40.8 Å². The van der Waals surface area contributed by atoms with Crippen LogP contribution in [0.4, 0.5) is 5.69 Å². The third kappa shape index (κ3) is 9.75. The molecule has 0 atom stereocenters. The Bertz CT molecular complexity index is 1300. The fraction of sp³-hybridized carbons (Fsp3) is 0.343. The van der Waals surface area contributed by atoms with Gasteiger partial charge in [0.1, 0.15) is 0 Å². The topological polar surface area (TPSA) is 85.3 Å². The highest BCUT2D eigenvalue weighted by molar-refractivity contribution is 6.07. The molecule has 3 N–H and O–H groups in total. The maximum atomic E-state index is 13.4. The second-order valence-corrected chi connectivity index (χ2v) is 10.6. The summed E-state index contributed by atoms with van der Waals surface area (Å²) in [6.07, 6.45) is 16.3. The van der Waals surface area contributed by atoms with E-state index in [0.29, 0.717) is 35.8 Å². The first-order valence-corrected chi connectivity index (χ1v) is 14.2. The third-order valence-corrected chi connectivity index (χ3v) is 7.18. The zero-order valence-electron chi connectivity index (χ0n) is 25.5. The van der Waals surface area contributed by atoms with Crippen molar-refractivity contribution in [1.29, 1.82) is 5.41 Å². The van der Waals surface area contributed by atoms with Gasteiger partial charge in [-0.2, -0.15) is 0 Å². The summed E-state index contributed by atoms with van der Waals surface area (Å²) in [6.45, 7) is 21.0. The van der Waals surface area contributed by atoms with Crippen LogP contribution >= 0.6 is 0 Å². The number of hydrogen-bond acceptors (Lipinski definition) is 4. The number of piperidine rings is 1. The predicted octanol–water partition coefficient (Wildman–Crippen LogP) is 7.45. The van der Waals surface area contributed by atoms with Gasteiger partial charge in [0.15, 0.2) is 0 Å². The van der Waals surface area contributed by atoms with Crippen LogP contribution in [-0.4, -0.2) is 42.1 Å². The molecule has 2 amide bonds. The molecule has 2 rings (SSSR count). The monoisotopic (exact) mass is 554 g/mol. The predicted molar refractivity (Wildman–Crippen MR) is 173 cm³/mol. The van der Waals surface area contributed by atoms with Crippen molar-refractivity contribution in [1.82, 2.24) is 10.2 Å². The smallest absolute Gasteiger partial charge is 0.255 e. The van der Waals surface area contributed by atoms with Crippen molar-refractivity contribution in [3.05, 3.63) is 113 Å². The maximum absolute atomic E-state index is 13.4. The summed E-state index contributed by atoms with van der Waals surface area (Å²) in [7, 11) is 0. The number of aryl methyl sites for hydroxylation is 1. The summed E-state index contributed by atoms with van der Waals surface area (Å²) >= 11 is 0. The number of nitrogens with one attached hydrogen (secondary N) is 3. The highest BCUT2D eigenvalue weighted by Crippen LogP contribution is 2.28. The molecule has 0 radical (unpaired) electrons. The maximum Gasteiger partial charge on any atom is 0.255 e. The SMILES string of the molecule is C=C\C(=C/C=C(C)/C(C=N)=C/C)C1CCN(C(=O)c2ccc(C)c(NC(=O)C(/C=C\C(=C)NC(C)C)=C/C)c2)CC1. The van der Waals surface area contributed by atoms with Crippen LogP contribution in [0.1, 0.15) is 63.4 Å². The first-order chi connectivity index (χ1) is 19.5. The normalized spacial score (nSPS) is 15.7. The zero-order valence-corrected chi connectivity index (χ0v) is 25.5. The Kier molecular flexibility index (Phi) is 13.0. The van der Waals surface area contributed by atoms with Crippen LogP contribution < -0.4 is 10.6 Å². The number of rotatable bonds is 12. The van der Waals surface area contributed by atoms with E-state index in [-0.39, 0.29) is 17.9 Å². The average Bonchev–Trinajstić information content (AvgIpc) is 2.95. The largest absolute Gasteiger partial charge is 0.383 e. The molecule has 0 spiro atoms. The van der Waals surface area contributed by atoms with Crippen molar-refractivity contribution >= 4 is 23.7 Å². The minimum atomic E-state index is -0.246. The molecule has 1 aromatic carbocycles. The lowest BCUT2D eigenvalue weighted by Gasteiger charge is -2.33. The van der Waals surface area contributed by atoms with Crippen LogP contribution in [0.25, 0.3) is 0 Å². The minimum Gasteiger partial charge on any atom is -0.383 e. The second-order valence-electron chi connectivity index (χ2n) is 10.6. The number of hydrogen-bond donors (Lipinski definition) is 3. The fourth-order valence-corrected chi connectivity index (χ4v) is 4.71. The summed E-state index contributed by atoms with van der Waals surface area (Å²) in [5, 5.41) is 13.7. The molecule has 1 aliphatic heterocycles. The van der Waals surface area contributed by atoms with E-state index in [1.54, 1.807) is 24.3 Å². The minimum absolute atomic E-state index is 0.0373. The molecule has 218 valence electrons. The van der Waals surface area contributed by atoms with Crippen molar-refractivity contribution < 1.29 is 9.59 Å². The van der Waals surface area contributed by atoms with E-state index >= 15 is 0 Å². The Morgan fingerprint density at radius 3 is 2.29 bits per heavy atom. The van der Waals surface area contributed by atoms with Gasteiger partial charge in [-0.05, 0) is 107 Å². The van der Waals surface area contributed by atoms with Crippen LogP contribution in [0.3, 0.4) is 0 Å². The van der Waals surface area contributed by atoms with E-state index in [4.69, 9.17) is 5.41 Å².